The van der Waals surface area contributed by atoms with Crippen LogP contribution in [-0.4, -0.2) is 11.5 Å². The fourth-order valence-electron chi connectivity index (χ4n) is 4.49. The van der Waals surface area contributed by atoms with Crippen molar-refractivity contribution in [2.24, 2.45) is 5.73 Å². The van der Waals surface area contributed by atoms with Crippen LogP contribution in [0.2, 0.25) is 0 Å². The zero-order valence-electron chi connectivity index (χ0n) is 18.5. The molecule has 3 nitrogen and oxygen atoms in total. The van der Waals surface area contributed by atoms with Crippen LogP contribution in [0.15, 0.2) is 70.8 Å². The number of aromatic nitrogens is 1. The van der Waals surface area contributed by atoms with Crippen molar-refractivity contribution in [1.82, 2.24) is 4.40 Å². The molecule has 2 aliphatic carbocycles. The Morgan fingerprint density at radius 2 is 2.00 bits per heavy atom. The van der Waals surface area contributed by atoms with Crippen LogP contribution in [-0.2, 0) is 11.2 Å². The number of ether oxygens (including phenoxy) is 1. The van der Waals surface area contributed by atoms with E-state index in [1.54, 1.807) is 7.11 Å². The van der Waals surface area contributed by atoms with Gasteiger partial charge < -0.3 is 14.9 Å². The second kappa shape index (κ2) is 7.88. The predicted molar refractivity (Wildman–Crippen MR) is 132 cm³/mol. The summed E-state index contributed by atoms with van der Waals surface area (Å²) in [5.74, 6) is 6.71. The second-order valence-electron chi connectivity index (χ2n) is 7.99. The molecular formula is C29H24N2O. The summed E-state index contributed by atoms with van der Waals surface area (Å²) in [7, 11) is 1.62. The standard InChI is InChI=1S/C29H24N2O/c1-4-21(32-3)15-12-19(2)13-16-26(30)20-14-17-28-25(18-20)24-10-7-9-23-22-8-5-6-11-27(22)31(28)29(23)24/h4-6,8-9,11,13,16,18H,7,10,30H2,1-3H3/b19-13-,21-4-,26-16-. The van der Waals surface area contributed by atoms with Gasteiger partial charge in [-0.1, -0.05) is 35.9 Å². The van der Waals surface area contributed by atoms with Gasteiger partial charge in [-0.2, -0.15) is 0 Å². The van der Waals surface area contributed by atoms with Gasteiger partial charge in [-0.05, 0) is 79.8 Å². The number of para-hydroxylation sites is 1. The normalized spacial score (nSPS) is 15.3. The average molecular weight is 417 g/mol. The Balaban J connectivity index is 1.64. The van der Waals surface area contributed by atoms with Crippen LogP contribution in [0.1, 0.15) is 25.8 Å². The zero-order valence-corrected chi connectivity index (χ0v) is 18.5. The summed E-state index contributed by atoms with van der Waals surface area (Å²) in [6.45, 7) is 3.85. The summed E-state index contributed by atoms with van der Waals surface area (Å²) < 4.78 is 7.51. The number of benzene rings is 1. The van der Waals surface area contributed by atoms with Crippen LogP contribution in [0.5, 0.6) is 0 Å². The number of hydrogen-bond donors (Lipinski definition) is 1. The molecule has 5 rings (SSSR count). The van der Waals surface area contributed by atoms with Crippen LogP contribution in [0.25, 0.3) is 34.3 Å². The van der Waals surface area contributed by atoms with Crippen molar-refractivity contribution in [3.8, 4) is 11.8 Å². The van der Waals surface area contributed by atoms with E-state index in [-0.39, 0.29) is 0 Å². The second-order valence-corrected chi connectivity index (χ2v) is 7.99. The number of methoxy groups -OCH3 is 1. The molecule has 0 saturated carbocycles. The molecule has 2 aliphatic rings. The number of fused-ring (bicyclic) bond motifs is 6. The molecule has 0 saturated heterocycles. The van der Waals surface area contributed by atoms with E-state index in [1.807, 2.05) is 32.1 Å². The van der Waals surface area contributed by atoms with E-state index in [9.17, 15) is 0 Å². The summed E-state index contributed by atoms with van der Waals surface area (Å²) in [5, 5.41) is 4.92. The number of aryl methyl sites for hydroxylation is 1. The lowest BCUT2D eigenvalue weighted by Gasteiger charge is -2.04. The third-order valence-corrected chi connectivity index (χ3v) is 6.04. The molecule has 0 atom stereocenters. The Hall–Kier alpha value is -4.08. The Labute approximate surface area is 187 Å². The highest BCUT2D eigenvalue weighted by atomic mass is 16.5. The number of nitrogens with zero attached hydrogens (tertiary/aromatic N) is 1. The number of rotatable bonds is 3. The van der Waals surface area contributed by atoms with Crippen molar-refractivity contribution in [1.29, 1.82) is 0 Å². The lowest BCUT2D eigenvalue weighted by Crippen LogP contribution is -2.28. The molecule has 2 aromatic heterocycles. The molecule has 0 bridgehead atoms. The molecule has 0 amide bonds. The molecular weight excluding hydrogens is 392 g/mol. The molecule has 0 aliphatic heterocycles. The molecule has 2 heterocycles. The van der Waals surface area contributed by atoms with Crippen LogP contribution >= 0.6 is 0 Å². The van der Waals surface area contributed by atoms with E-state index in [2.05, 4.69) is 64.1 Å². The third-order valence-electron chi connectivity index (χ3n) is 6.04. The minimum Gasteiger partial charge on any atom is -0.489 e. The fraction of sp³-hybridized carbons (Fsp3) is 0.172. The Morgan fingerprint density at radius 3 is 2.81 bits per heavy atom. The summed E-state index contributed by atoms with van der Waals surface area (Å²) in [6, 6.07) is 8.59. The quantitative estimate of drug-likeness (QED) is 0.308. The van der Waals surface area contributed by atoms with E-state index in [0.29, 0.717) is 11.5 Å². The maximum Gasteiger partial charge on any atom is 0.165 e. The summed E-state index contributed by atoms with van der Waals surface area (Å²) >= 11 is 0. The lowest BCUT2D eigenvalue weighted by molar-refractivity contribution is 0.310. The SMILES string of the molecule is C/C=C(/C#C/C(C)=C\C=C(/N)C1=C=C=c2c(c3c4c(c5ccccc5n24)=CCC3)=C1)OC. The van der Waals surface area contributed by atoms with Crippen molar-refractivity contribution in [3.05, 3.63) is 92.2 Å². The van der Waals surface area contributed by atoms with Gasteiger partial charge >= 0.3 is 0 Å². The number of allylic oxidation sites excluding steroid dienone is 6. The highest BCUT2D eigenvalue weighted by Gasteiger charge is 2.19. The third kappa shape index (κ3) is 3.11. The van der Waals surface area contributed by atoms with Gasteiger partial charge in [-0.15, -0.1) is 0 Å². The van der Waals surface area contributed by atoms with Gasteiger partial charge in [-0.25, -0.2) is 0 Å². The Kier molecular flexibility index (Phi) is 4.89. The van der Waals surface area contributed by atoms with E-state index in [4.69, 9.17) is 10.5 Å². The van der Waals surface area contributed by atoms with Crippen molar-refractivity contribution in [2.45, 2.75) is 26.7 Å². The van der Waals surface area contributed by atoms with Gasteiger partial charge in [0.25, 0.3) is 0 Å². The van der Waals surface area contributed by atoms with E-state index in [1.165, 1.54) is 32.4 Å². The van der Waals surface area contributed by atoms with E-state index in [0.717, 1.165) is 29.3 Å². The Bertz CT molecular complexity index is 1700. The molecule has 3 heteroatoms. The van der Waals surface area contributed by atoms with Gasteiger partial charge in [-0.3, -0.25) is 0 Å². The van der Waals surface area contributed by atoms with Gasteiger partial charge in [0.1, 0.15) is 5.35 Å². The van der Waals surface area contributed by atoms with Crippen LogP contribution in [0.3, 0.4) is 0 Å². The van der Waals surface area contributed by atoms with Crippen molar-refractivity contribution < 1.29 is 4.74 Å². The van der Waals surface area contributed by atoms with Crippen LogP contribution in [0, 0.1) is 11.8 Å². The molecule has 32 heavy (non-hydrogen) atoms. The van der Waals surface area contributed by atoms with Crippen LogP contribution < -0.4 is 21.5 Å². The minimum atomic E-state index is 0.646. The lowest BCUT2D eigenvalue weighted by atomic mass is 9.99. The first kappa shape index (κ1) is 19.9. The molecule has 0 spiro atoms. The molecule has 2 N–H and O–H groups in total. The summed E-state index contributed by atoms with van der Waals surface area (Å²) in [5.41, 5.74) is 19.4. The summed E-state index contributed by atoms with van der Waals surface area (Å²) in [4.78, 5) is 0. The monoisotopic (exact) mass is 416 g/mol. The Morgan fingerprint density at radius 1 is 1.16 bits per heavy atom. The first-order chi connectivity index (χ1) is 15.6. The number of nitrogens with two attached hydrogens (primary N) is 1. The van der Waals surface area contributed by atoms with Crippen molar-refractivity contribution in [3.63, 3.8) is 0 Å². The highest BCUT2D eigenvalue weighted by Crippen LogP contribution is 2.20. The van der Waals surface area contributed by atoms with E-state index >= 15 is 0 Å². The van der Waals surface area contributed by atoms with Gasteiger partial charge in [0.15, 0.2) is 5.76 Å². The zero-order chi connectivity index (χ0) is 22.2. The first-order valence-electron chi connectivity index (χ1n) is 10.8. The van der Waals surface area contributed by atoms with E-state index < -0.39 is 0 Å². The maximum atomic E-state index is 6.41. The molecule has 0 unspecified atom stereocenters. The smallest absolute Gasteiger partial charge is 0.165 e. The average Bonchev–Trinajstić information content (AvgIpc) is 3.35. The largest absolute Gasteiger partial charge is 0.489 e. The van der Waals surface area contributed by atoms with Gasteiger partial charge in [0.05, 0.1) is 18.1 Å². The molecule has 0 radical (unpaired) electrons. The predicted octanol–water partition coefficient (Wildman–Crippen LogP) is 3.14. The van der Waals surface area contributed by atoms with Gasteiger partial charge in [0, 0.05) is 27.1 Å². The molecule has 1 aromatic carbocycles. The fourth-order valence-corrected chi connectivity index (χ4v) is 4.49. The highest BCUT2D eigenvalue weighted by molar-refractivity contribution is 5.92. The summed E-state index contributed by atoms with van der Waals surface area (Å²) in [6.07, 6.45) is 12.2. The van der Waals surface area contributed by atoms with Crippen molar-refractivity contribution in [2.75, 3.05) is 7.11 Å². The number of hydrogen-bond acceptors (Lipinski definition) is 2. The topological polar surface area (TPSA) is 39.7 Å². The molecule has 0 fully saturated rings. The van der Waals surface area contributed by atoms with Gasteiger partial charge in [0.2, 0.25) is 0 Å². The van der Waals surface area contributed by atoms with Crippen LogP contribution in [0.4, 0.5) is 0 Å². The maximum absolute atomic E-state index is 6.41. The minimum absolute atomic E-state index is 0.646. The molecule has 3 aromatic rings. The first-order valence-corrected chi connectivity index (χ1v) is 10.8. The molecule has 156 valence electrons. The van der Waals surface area contributed by atoms with Crippen molar-refractivity contribution >= 4 is 34.3 Å².